The number of nitrogens with zero attached hydrogens (tertiary/aromatic N) is 1. The molecule has 7 N–H and O–H groups in total. The van der Waals surface area contributed by atoms with E-state index in [0.29, 0.717) is 25.9 Å². The Labute approximate surface area is 156 Å². The first-order valence-electron chi connectivity index (χ1n) is 9.03. The van der Waals surface area contributed by atoms with Crippen molar-refractivity contribution in [3.05, 3.63) is 20.4 Å². The Balaban J connectivity index is 1.80. The molecule has 2 saturated heterocycles. The minimum Gasteiger partial charge on any atom is -0.480 e. The molecule has 0 saturated carbocycles. The second kappa shape index (κ2) is 6.90. The molecule has 2 atom stereocenters. The lowest BCUT2D eigenvalue weighted by molar-refractivity contribution is -0.144. The van der Waals surface area contributed by atoms with Crippen molar-refractivity contribution in [3.8, 4) is 0 Å². The maximum Gasteiger partial charge on any atom is 0.451 e. The van der Waals surface area contributed by atoms with Gasteiger partial charge in [-0.3, -0.25) is 14.4 Å². The van der Waals surface area contributed by atoms with Gasteiger partial charge in [0.2, 0.25) is 0 Å². The topological polar surface area (TPSA) is 165 Å². The number of aliphatic carboxylic acids is 1. The number of hydrogen-bond acceptors (Lipinski definition) is 9. The van der Waals surface area contributed by atoms with Crippen LogP contribution in [0.25, 0.3) is 0 Å². The van der Waals surface area contributed by atoms with Crippen molar-refractivity contribution in [1.82, 2.24) is 5.32 Å². The molecule has 2 fully saturated rings. The summed E-state index contributed by atoms with van der Waals surface area (Å²) in [5.41, 5.74) is 3.46. The molecule has 11 heteroatoms. The summed E-state index contributed by atoms with van der Waals surface area (Å²) in [7, 11) is -1.46. The first-order chi connectivity index (χ1) is 12.6. The van der Waals surface area contributed by atoms with Crippen molar-refractivity contribution >= 4 is 24.5 Å². The van der Waals surface area contributed by atoms with Crippen LogP contribution in [0.1, 0.15) is 19.8 Å². The fraction of sp³-hybridized carbons (Fsp3) is 0.688. The number of carboxylic acid groups (broad SMARTS) is 1. The first-order valence-corrected chi connectivity index (χ1v) is 9.03. The summed E-state index contributed by atoms with van der Waals surface area (Å²) in [6.07, 6.45) is 0.879. The van der Waals surface area contributed by atoms with E-state index in [1.807, 2.05) is 6.92 Å². The Hall–Kier alpha value is -1.95. The van der Waals surface area contributed by atoms with Gasteiger partial charge in [-0.15, -0.1) is 0 Å². The highest BCUT2D eigenvalue weighted by Gasteiger charge is 2.51. The second-order valence-electron chi connectivity index (χ2n) is 8.01. The molecule has 0 aliphatic carbocycles. The number of hydrogen-bond donors (Lipinski definition) is 6. The zero-order valence-electron chi connectivity index (χ0n) is 15.2. The molecule has 27 heavy (non-hydrogen) atoms. The minimum atomic E-state index is -1.57. The first kappa shape index (κ1) is 19.8. The van der Waals surface area contributed by atoms with Crippen molar-refractivity contribution in [2.24, 2.45) is 11.7 Å². The standard InChI is InChI=1S/C16H25BN4O6/c1-15(6-19-7-15)20-10-11(13(23)12(10)22)21-5-9(3-2-4-17(26)27)16(18,8-21)14(24)25/h9,19-20,26-27H,2-8,18H2,1H3,(H,24,25)/t9-,16-/m0/s1. The molecule has 0 unspecified atom stereocenters. The van der Waals surface area contributed by atoms with Gasteiger partial charge in [0.15, 0.2) is 0 Å². The third kappa shape index (κ3) is 3.47. The van der Waals surface area contributed by atoms with E-state index in [1.54, 1.807) is 4.90 Å². The van der Waals surface area contributed by atoms with Crippen LogP contribution in [0.15, 0.2) is 9.59 Å². The Kier molecular flexibility index (Phi) is 5.06. The molecule has 0 spiro atoms. The highest BCUT2D eigenvalue weighted by Crippen LogP contribution is 2.36. The average molecular weight is 380 g/mol. The van der Waals surface area contributed by atoms with Crippen molar-refractivity contribution in [2.45, 2.75) is 37.2 Å². The van der Waals surface area contributed by atoms with E-state index in [2.05, 4.69) is 10.6 Å². The summed E-state index contributed by atoms with van der Waals surface area (Å²) in [4.78, 5) is 37.6. The van der Waals surface area contributed by atoms with Crippen LogP contribution in [0.5, 0.6) is 0 Å². The number of nitrogens with one attached hydrogen (secondary N) is 2. The van der Waals surface area contributed by atoms with Gasteiger partial charge < -0.3 is 36.4 Å². The van der Waals surface area contributed by atoms with Gasteiger partial charge in [-0.1, -0.05) is 6.42 Å². The summed E-state index contributed by atoms with van der Waals surface area (Å²) in [6, 6.07) is 0. The second-order valence-corrected chi connectivity index (χ2v) is 8.01. The minimum absolute atomic E-state index is 0.0802. The van der Waals surface area contributed by atoms with E-state index >= 15 is 0 Å². The van der Waals surface area contributed by atoms with E-state index in [4.69, 9.17) is 15.8 Å². The van der Waals surface area contributed by atoms with Crippen LogP contribution in [0.3, 0.4) is 0 Å². The predicted octanol–water partition coefficient (Wildman–Crippen LogP) is -2.47. The molecule has 2 heterocycles. The van der Waals surface area contributed by atoms with Gasteiger partial charge in [-0.25, -0.2) is 0 Å². The number of carbonyl (C=O) groups is 1. The molecule has 0 aromatic heterocycles. The number of nitrogens with two attached hydrogens (primary N) is 1. The van der Waals surface area contributed by atoms with Gasteiger partial charge in [-0.05, 0) is 19.7 Å². The van der Waals surface area contributed by atoms with E-state index in [1.165, 1.54) is 0 Å². The Morgan fingerprint density at radius 1 is 1.37 bits per heavy atom. The molecular formula is C16H25BN4O6. The van der Waals surface area contributed by atoms with E-state index in [-0.39, 0.29) is 36.3 Å². The van der Waals surface area contributed by atoms with Crippen molar-refractivity contribution in [3.63, 3.8) is 0 Å². The maximum absolute atomic E-state index is 12.2. The molecule has 10 nitrogen and oxygen atoms in total. The number of rotatable bonds is 8. The molecule has 0 radical (unpaired) electrons. The van der Waals surface area contributed by atoms with Crippen LogP contribution in [-0.4, -0.2) is 65.5 Å². The van der Waals surface area contributed by atoms with E-state index in [0.717, 1.165) is 0 Å². The van der Waals surface area contributed by atoms with Crippen LogP contribution >= 0.6 is 0 Å². The number of anilines is 2. The third-order valence-corrected chi connectivity index (χ3v) is 5.69. The number of carboxylic acids is 1. The third-order valence-electron chi connectivity index (χ3n) is 5.69. The van der Waals surface area contributed by atoms with Gasteiger partial charge in [0.25, 0.3) is 10.9 Å². The van der Waals surface area contributed by atoms with Crippen molar-refractivity contribution in [2.75, 3.05) is 36.4 Å². The van der Waals surface area contributed by atoms with E-state index < -0.39 is 35.4 Å². The van der Waals surface area contributed by atoms with Gasteiger partial charge in [0, 0.05) is 32.1 Å². The predicted molar refractivity (Wildman–Crippen MR) is 101 cm³/mol. The van der Waals surface area contributed by atoms with Gasteiger partial charge in [-0.2, -0.15) is 0 Å². The van der Waals surface area contributed by atoms with Crippen LogP contribution in [0.2, 0.25) is 6.32 Å². The Bertz CT molecular complexity index is 803. The van der Waals surface area contributed by atoms with Crippen LogP contribution < -0.4 is 32.1 Å². The SMILES string of the molecule is CC1(Nc2c(N3C[C@H](CCCB(O)O)[C@](N)(C(=O)O)C3)c(=O)c2=O)CNC1. The monoisotopic (exact) mass is 380 g/mol. The molecule has 1 aromatic rings. The average Bonchev–Trinajstić information content (AvgIpc) is 2.89. The summed E-state index contributed by atoms with van der Waals surface area (Å²) in [6.45, 7) is 3.39. The molecule has 3 rings (SSSR count). The Morgan fingerprint density at radius 3 is 2.56 bits per heavy atom. The molecular weight excluding hydrogens is 355 g/mol. The largest absolute Gasteiger partial charge is 0.480 e. The van der Waals surface area contributed by atoms with E-state index in [9.17, 15) is 19.5 Å². The van der Waals surface area contributed by atoms with Gasteiger partial charge in [0.05, 0.1) is 5.54 Å². The molecule has 0 amide bonds. The quantitative estimate of drug-likeness (QED) is 0.210. The smallest absolute Gasteiger partial charge is 0.451 e. The highest BCUT2D eigenvalue weighted by atomic mass is 16.4. The summed E-state index contributed by atoms with van der Waals surface area (Å²) in [5, 5.41) is 33.8. The molecule has 0 bridgehead atoms. The molecule has 2 aliphatic rings. The molecule has 1 aromatic carbocycles. The van der Waals surface area contributed by atoms with Crippen LogP contribution in [0.4, 0.5) is 11.4 Å². The van der Waals surface area contributed by atoms with Crippen LogP contribution in [-0.2, 0) is 4.79 Å². The van der Waals surface area contributed by atoms with Crippen molar-refractivity contribution in [1.29, 1.82) is 0 Å². The fourth-order valence-corrected chi connectivity index (χ4v) is 3.93. The highest BCUT2D eigenvalue weighted by molar-refractivity contribution is 6.40. The molecule has 148 valence electrons. The lowest BCUT2D eigenvalue weighted by atomic mass is 9.78. The normalized spacial score (nSPS) is 26.8. The fourth-order valence-electron chi connectivity index (χ4n) is 3.93. The summed E-state index contributed by atoms with van der Waals surface area (Å²) >= 11 is 0. The summed E-state index contributed by atoms with van der Waals surface area (Å²) in [5.74, 6) is -1.66. The lowest BCUT2D eigenvalue weighted by Crippen LogP contribution is -2.63. The maximum atomic E-state index is 12.2. The zero-order chi connectivity index (χ0) is 20.0. The zero-order valence-corrected chi connectivity index (χ0v) is 15.2. The summed E-state index contributed by atoms with van der Waals surface area (Å²) < 4.78 is 0. The molecule has 2 aliphatic heterocycles. The van der Waals surface area contributed by atoms with Gasteiger partial charge >= 0.3 is 13.1 Å². The van der Waals surface area contributed by atoms with Gasteiger partial charge in [0.1, 0.15) is 16.9 Å². The lowest BCUT2D eigenvalue weighted by Gasteiger charge is -2.42. The Morgan fingerprint density at radius 2 is 2.04 bits per heavy atom. The van der Waals surface area contributed by atoms with Crippen LogP contribution in [0, 0.1) is 5.92 Å². The van der Waals surface area contributed by atoms with Crippen molar-refractivity contribution < 1.29 is 19.9 Å².